The highest BCUT2D eigenvalue weighted by Crippen LogP contribution is 2.18. The van der Waals surface area contributed by atoms with Gasteiger partial charge in [-0.15, -0.1) is 0 Å². The van der Waals surface area contributed by atoms with Crippen LogP contribution in [0.5, 0.6) is 0 Å². The summed E-state index contributed by atoms with van der Waals surface area (Å²) in [6.07, 6.45) is 1.89. The van der Waals surface area contributed by atoms with Gasteiger partial charge in [0.2, 0.25) is 0 Å². The maximum atomic E-state index is 13.4. The fraction of sp³-hybridized carbons (Fsp3) is 0.571. The minimum absolute atomic E-state index is 0.00875. The van der Waals surface area contributed by atoms with Crippen molar-refractivity contribution in [3.05, 3.63) is 23.6 Å². The summed E-state index contributed by atoms with van der Waals surface area (Å²) in [4.78, 5) is 18.2. The number of hydrogen-bond acceptors (Lipinski definition) is 4. The van der Waals surface area contributed by atoms with Crippen LogP contribution in [0, 0.1) is 5.82 Å². The molecule has 6 heteroatoms. The number of nitrogens with one attached hydrogen (secondary N) is 1. The van der Waals surface area contributed by atoms with Gasteiger partial charge in [0.15, 0.2) is 0 Å². The van der Waals surface area contributed by atoms with Crippen molar-refractivity contribution >= 4 is 11.7 Å². The van der Waals surface area contributed by atoms with Gasteiger partial charge in [0, 0.05) is 26.2 Å². The first-order chi connectivity index (χ1) is 9.61. The second-order valence-electron chi connectivity index (χ2n) is 4.87. The van der Waals surface area contributed by atoms with Crippen molar-refractivity contribution in [2.24, 2.45) is 0 Å². The number of pyridine rings is 1. The van der Waals surface area contributed by atoms with Gasteiger partial charge in [0.25, 0.3) is 5.91 Å². The first-order valence-corrected chi connectivity index (χ1v) is 6.92. The second-order valence-corrected chi connectivity index (χ2v) is 4.87. The lowest BCUT2D eigenvalue weighted by atomic mass is 10.2. The SMILES string of the molecule is CCNc1ncc(F)cc1C(=O)N1CCCOC(C)C1. The Morgan fingerprint density at radius 1 is 1.65 bits per heavy atom. The van der Waals surface area contributed by atoms with Crippen LogP contribution in [0.2, 0.25) is 0 Å². The third-order valence-electron chi connectivity index (χ3n) is 3.17. The van der Waals surface area contributed by atoms with Crippen molar-refractivity contribution in [3.63, 3.8) is 0 Å². The van der Waals surface area contributed by atoms with Crippen molar-refractivity contribution in [3.8, 4) is 0 Å². The Labute approximate surface area is 118 Å². The lowest BCUT2D eigenvalue weighted by Gasteiger charge is -2.23. The van der Waals surface area contributed by atoms with Crippen molar-refractivity contribution < 1.29 is 13.9 Å². The van der Waals surface area contributed by atoms with E-state index in [0.717, 1.165) is 12.6 Å². The summed E-state index contributed by atoms with van der Waals surface area (Å²) < 4.78 is 18.9. The molecule has 2 rings (SSSR count). The molecular weight excluding hydrogens is 261 g/mol. The quantitative estimate of drug-likeness (QED) is 0.919. The van der Waals surface area contributed by atoms with Gasteiger partial charge in [-0.2, -0.15) is 0 Å². The Bertz CT molecular complexity index is 481. The number of ether oxygens (including phenoxy) is 1. The molecule has 0 saturated carbocycles. The van der Waals surface area contributed by atoms with E-state index in [2.05, 4.69) is 10.3 Å². The van der Waals surface area contributed by atoms with E-state index in [9.17, 15) is 9.18 Å². The van der Waals surface area contributed by atoms with E-state index in [1.165, 1.54) is 6.07 Å². The molecular formula is C14H20FN3O2. The Kier molecular flexibility index (Phi) is 4.89. The molecule has 0 aromatic carbocycles. The lowest BCUT2D eigenvalue weighted by molar-refractivity contribution is 0.0563. The predicted molar refractivity (Wildman–Crippen MR) is 74.3 cm³/mol. The summed E-state index contributed by atoms with van der Waals surface area (Å²) in [7, 11) is 0. The Balaban J connectivity index is 2.24. The van der Waals surface area contributed by atoms with Crippen LogP contribution in [-0.4, -0.2) is 48.1 Å². The number of aromatic nitrogens is 1. The van der Waals surface area contributed by atoms with E-state index in [4.69, 9.17) is 4.74 Å². The normalized spacial score (nSPS) is 19.6. The van der Waals surface area contributed by atoms with E-state index in [1.54, 1.807) is 4.90 Å². The van der Waals surface area contributed by atoms with E-state index >= 15 is 0 Å². The van der Waals surface area contributed by atoms with E-state index < -0.39 is 5.82 Å². The molecule has 1 fully saturated rings. The Hall–Kier alpha value is -1.69. The van der Waals surface area contributed by atoms with Gasteiger partial charge in [-0.05, 0) is 26.3 Å². The van der Waals surface area contributed by atoms with Gasteiger partial charge in [-0.1, -0.05) is 0 Å². The van der Waals surface area contributed by atoms with Crippen LogP contribution in [0.15, 0.2) is 12.3 Å². The van der Waals surface area contributed by atoms with E-state index in [-0.39, 0.29) is 17.6 Å². The molecule has 1 N–H and O–H groups in total. The highest BCUT2D eigenvalue weighted by molar-refractivity contribution is 5.98. The zero-order valence-corrected chi connectivity index (χ0v) is 11.9. The third kappa shape index (κ3) is 3.45. The van der Waals surface area contributed by atoms with Crippen LogP contribution in [0.4, 0.5) is 10.2 Å². The van der Waals surface area contributed by atoms with E-state index in [0.29, 0.717) is 32.1 Å². The van der Waals surface area contributed by atoms with Crippen LogP contribution in [-0.2, 0) is 4.74 Å². The molecule has 5 nitrogen and oxygen atoms in total. The average molecular weight is 281 g/mol. The molecule has 1 atom stereocenters. The number of carbonyl (C=O) groups is 1. The predicted octanol–water partition coefficient (Wildman–Crippen LogP) is 1.90. The number of rotatable bonds is 3. The largest absolute Gasteiger partial charge is 0.377 e. The van der Waals surface area contributed by atoms with Crippen LogP contribution < -0.4 is 5.32 Å². The Morgan fingerprint density at radius 3 is 3.20 bits per heavy atom. The van der Waals surface area contributed by atoms with Crippen molar-refractivity contribution in [1.82, 2.24) is 9.88 Å². The van der Waals surface area contributed by atoms with Gasteiger partial charge in [-0.3, -0.25) is 4.79 Å². The number of hydrogen-bond donors (Lipinski definition) is 1. The van der Waals surface area contributed by atoms with Gasteiger partial charge >= 0.3 is 0 Å². The second kappa shape index (κ2) is 6.65. The molecule has 1 saturated heterocycles. The number of halogens is 1. The molecule has 2 heterocycles. The highest BCUT2D eigenvalue weighted by atomic mass is 19.1. The van der Waals surface area contributed by atoms with Gasteiger partial charge in [0.05, 0.1) is 17.9 Å². The third-order valence-corrected chi connectivity index (χ3v) is 3.17. The number of anilines is 1. The monoisotopic (exact) mass is 281 g/mol. The molecule has 1 aliphatic heterocycles. The van der Waals surface area contributed by atoms with E-state index in [1.807, 2.05) is 13.8 Å². The highest BCUT2D eigenvalue weighted by Gasteiger charge is 2.24. The number of amides is 1. The average Bonchev–Trinajstić information content (AvgIpc) is 2.65. The maximum absolute atomic E-state index is 13.4. The number of carbonyl (C=O) groups excluding carboxylic acids is 1. The van der Waals surface area contributed by atoms with Crippen molar-refractivity contribution in [2.45, 2.75) is 26.4 Å². The zero-order chi connectivity index (χ0) is 14.5. The molecule has 0 bridgehead atoms. The van der Waals surface area contributed by atoms with Crippen molar-refractivity contribution in [1.29, 1.82) is 0 Å². The molecule has 0 spiro atoms. The summed E-state index contributed by atoms with van der Waals surface area (Å²) in [5.74, 6) is -0.281. The molecule has 20 heavy (non-hydrogen) atoms. The fourth-order valence-electron chi connectivity index (χ4n) is 2.26. The summed E-state index contributed by atoms with van der Waals surface area (Å²) in [5.41, 5.74) is 0.279. The van der Waals surface area contributed by atoms with Gasteiger partial charge < -0.3 is 15.0 Å². The Morgan fingerprint density at radius 2 is 2.45 bits per heavy atom. The van der Waals surface area contributed by atoms with Gasteiger partial charge in [-0.25, -0.2) is 9.37 Å². The minimum atomic E-state index is -0.505. The molecule has 1 aromatic heterocycles. The van der Waals surface area contributed by atoms with Crippen LogP contribution in [0.3, 0.4) is 0 Å². The first-order valence-electron chi connectivity index (χ1n) is 6.92. The molecule has 1 unspecified atom stereocenters. The van der Waals surface area contributed by atoms with Crippen LogP contribution in [0.1, 0.15) is 30.6 Å². The molecule has 1 aliphatic rings. The smallest absolute Gasteiger partial charge is 0.257 e. The van der Waals surface area contributed by atoms with Crippen LogP contribution >= 0.6 is 0 Å². The zero-order valence-electron chi connectivity index (χ0n) is 11.9. The summed E-state index contributed by atoms with van der Waals surface area (Å²) in [5, 5.41) is 2.99. The molecule has 1 amide bonds. The van der Waals surface area contributed by atoms with Crippen LogP contribution in [0.25, 0.3) is 0 Å². The molecule has 1 aromatic rings. The fourth-order valence-corrected chi connectivity index (χ4v) is 2.26. The summed E-state index contributed by atoms with van der Waals surface area (Å²) in [6.45, 7) is 6.23. The molecule has 0 radical (unpaired) electrons. The minimum Gasteiger partial charge on any atom is -0.377 e. The standard InChI is InChI=1S/C14H20FN3O2/c1-3-16-13-12(7-11(15)8-17-13)14(19)18-5-4-6-20-10(2)9-18/h7-8,10H,3-6,9H2,1-2H3,(H,16,17). The first kappa shape index (κ1) is 14.7. The molecule has 0 aliphatic carbocycles. The topological polar surface area (TPSA) is 54.5 Å². The maximum Gasteiger partial charge on any atom is 0.257 e. The number of nitrogens with zero attached hydrogens (tertiary/aromatic N) is 2. The van der Waals surface area contributed by atoms with Gasteiger partial charge in [0.1, 0.15) is 11.6 Å². The lowest BCUT2D eigenvalue weighted by Crippen LogP contribution is -2.36. The summed E-state index contributed by atoms with van der Waals surface area (Å²) >= 11 is 0. The summed E-state index contributed by atoms with van der Waals surface area (Å²) in [6, 6.07) is 1.24. The molecule has 110 valence electrons. The van der Waals surface area contributed by atoms with Crippen molar-refractivity contribution in [2.75, 3.05) is 31.6 Å².